The van der Waals surface area contributed by atoms with Crippen molar-refractivity contribution in [3.8, 4) is 0 Å². The van der Waals surface area contributed by atoms with Crippen LogP contribution in [0.4, 0.5) is 0 Å². The zero-order chi connectivity index (χ0) is 16.0. The summed E-state index contributed by atoms with van der Waals surface area (Å²) in [6.45, 7) is 7.72. The summed E-state index contributed by atoms with van der Waals surface area (Å²) in [5.74, 6) is 5.26. The fourth-order valence-electron chi connectivity index (χ4n) is 8.95. The van der Waals surface area contributed by atoms with Gasteiger partial charge in [0.05, 0.1) is 0 Å². The van der Waals surface area contributed by atoms with Crippen molar-refractivity contribution in [1.29, 1.82) is 0 Å². The topological polar surface area (TPSA) is 17.1 Å². The van der Waals surface area contributed by atoms with Crippen LogP contribution in [0.5, 0.6) is 0 Å². The Morgan fingerprint density at radius 1 is 1.04 bits per heavy atom. The molecule has 5 aliphatic carbocycles. The highest BCUT2D eigenvalue weighted by molar-refractivity contribution is 5.79. The second kappa shape index (κ2) is 4.44. The van der Waals surface area contributed by atoms with Crippen molar-refractivity contribution in [2.45, 2.75) is 85.0 Å². The molecular formula is C22H34O. The largest absolute Gasteiger partial charge is 0.300 e. The Labute approximate surface area is 142 Å². The van der Waals surface area contributed by atoms with Crippen molar-refractivity contribution in [3.05, 3.63) is 0 Å². The van der Waals surface area contributed by atoms with Crippen LogP contribution in [0.2, 0.25) is 0 Å². The van der Waals surface area contributed by atoms with Crippen molar-refractivity contribution >= 4 is 5.78 Å². The molecule has 0 bridgehead atoms. The van der Waals surface area contributed by atoms with Crippen LogP contribution < -0.4 is 0 Å². The fraction of sp³-hybridized carbons (Fsp3) is 0.955. The van der Waals surface area contributed by atoms with Gasteiger partial charge in [-0.1, -0.05) is 20.8 Å². The molecule has 5 fully saturated rings. The second-order valence-corrected chi connectivity index (χ2v) is 10.5. The van der Waals surface area contributed by atoms with E-state index in [0.29, 0.717) is 22.5 Å². The molecule has 5 rings (SSSR count). The molecule has 0 aromatic carbocycles. The lowest BCUT2D eigenvalue weighted by atomic mass is 9.44. The zero-order valence-electron chi connectivity index (χ0n) is 15.4. The molecule has 1 nitrogen and oxygen atoms in total. The van der Waals surface area contributed by atoms with Crippen molar-refractivity contribution in [2.75, 3.05) is 0 Å². The minimum Gasteiger partial charge on any atom is -0.300 e. The molecule has 23 heavy (non-hydrogen) atoms. The number of rotatable bonds is 1. The van der Waals surface area contributed by atoms with E-state index in [2.05, 4.69) is 20.8 Å². The van der Waals surface area contributed by atoms with Gasteiger partial charge >= 0.3 is 0 Å². The van der Waals surface area contributed by atoms with E-state index in [0.717, 1.165) is 41.9 Å². The SMILES string of the molecule is CC[C@]12CC1CC1C3CCC4CC(=O)CC[C@]4(C)C3CC[C@@]12C. The van der Waals surface area contributed by atoms with Crippen LogP contribution in [-0.2, 0) is 4.79 Å². The molecule has 0 aromatic rings. The first-order chi connectivity index (χ1) is 10.9. The lowest BCUT2D eigenvalue weighted by Crippen LogP contribution is -2.54. The first-order valence-electron chi connectivity index (χ1n) is 10.5. The maximum absolute atomic E-state index is 12.0. The minimum absolute atomic E-state index is 0.490. The van der Waals surface area contributed by atoms with Crippen molar-refractivity contribution in [2.24, 2.45) is 45.8 Å². The third-order valence-corrected chi connectivity index (χ3v) is 10.4. The lowest BCUT2D eigenvalue weighted by Gasteiger charge is -2.61. The highest BCUT2D eigenvalue weighted by atomic mass is 16.1. The van der Waals surface area contributed by atoms with Gasteiger partial charge in [-0.3, -0.25) is 4.79 Å². The normalized spacial score (nSPS) is 60.5. The summed E-state index contributed by atoms with van der Waals surface area (Å²) in [5, 5.41) is 0. The third-order valence-electron chi connectivity index (χ3n) is 10.4. The van der Waals surface area contributed by atoms with E-state index in [1.807, 2.05) is 0 Å². The Kier molecular flexibility index (Phi) is 2.89. The summed E-state index contributed by atoms with van der Waals surface area (Å²) in [4.78, 5) is 12.0. The smallest absolute Gasteiger partial charge is 0.133 e. The van der Waals surface area contributed by atoms with Crippen LogP contribution in [-0.4, -0.2) is 5.78 Å². The van der Waals surface area contributed by atoms with Gasteiger partial charge in [0.2, 0.25) is 0 Å². The van der Waals surface area contributed by atoms with Crippen LogP contribution in [0, 0.1) is 45.8 Å². The Bertz CT molecular complexity index is 548. The molecule has 0 amide bonds. The summed E-state index contributed by atoms with van der Waals surface area (Å²) in [7, 11) is 0. The molecule has 0 N–H and O–H groups in total. The quantitative estimate of drug-likeness (QED) is 0.613. The average molecular weight is 315 g/mol. The molecule has 5 saturated carbocycles. The number of Topliss-reactive ketones (excluding diaryl/α,β-unsaturated/α-hetero) is 1. The highest BCUT2D eigenvalue weighted by Crippen LogP contribution is 2.81. The number of carbonyl (C=O) groups excluding carboxylic acids is 1. The van der Waals surface area contributed by atoms with E-state index in [1.165, 1.54) is 38.5 Å². The highest BCUT2D eigenvalue weighted by Gasteiger charge is 2.73. The summed E-state index contributed by atoms with van der Waals surface area (Å²) in [6.07, 6.45) is 13.2. The molecule has 5 aliphatic rings. The van der Waals surface area contributed by atoms with Gasteiger partial charge in [-0.15, -0.1) is 0 Å². The average Bonchev–Trinajstić information content (AvgIpc) is 3.20. The Balaban J connectivity index is 1.47. The fourth-order valence-corrected chi connectivity index (χ4v) is 8.95. The van der Waals surface area contributed by atoms with Crippen molar-refractivity contribution < 1.29 is 4.79 Å². The van der Waals surface area contributed by atoms with Gasteiger partial charge in [0.25, 0.3) is 0 Å². The molecule has 0 heterocycles. The number of hydrogen-bond donors (Lipinski definition) is 0. The predicted molar refractivity (Wildman–Crippen MR) is 92.9 cm³/mol. The Morgan fingerprint density at radius 2 is 1.87 bits per heavy atom. The summed E-state index contributed by atoms with van der Waals surface area (Å²) in [6, 6.07) is 0. The molecule has 8 atom stereocenters. The molecule has 0 aromatic heterocycles. The summed E-state index contributed by atoms with van der Waals surface area (Å²) in [5.41, 5.74) is 1.88. The second-order valence-electron chi connectivity index (χ2n) is 10.5. The van der Waals surface area contributed by atoms with Gasteiger partial charge in [-0.25, -0.2) is 0 Å². The number of carbonyl (C=O) groups is 1. The van der Waals surface area contributed by atoms with Crippen LogP contribution in [0.25, 0.3) is 0 Å². The van der Waals surface area contributed by atoms with Crippen LogP contribution in [0.1, 0.15) is 85.0 Å². The third kappa shape index (κ3) is 1.63. The van der Waals surface area contributed by atoms with Gasteiger partial charge < -0.3 is 0 Å². The standard InChI is InChI=1S/C22H34O/c1-4-22-13-15(22)12-19-17-6-5-14-11-16(23)7-9-20(14,2)18(17)8-10-21(19,22)3/h14-15,17-19H,4-13H2,1-3H3/t14?,15?,17?,18?,19?,20-,21-,22-/m0/s1. The zero-order valence-corrected chi connectivity index (χ0v) is 15.4. The molecule has 1 heteroatoms. The van der Waals surface area contributed by atoms with Crippen LogP contribution in [0.3, 0.4) is 0 Å². The summed E-state index contributed by atoms with van der Waals surface area (Å²) < 4.78 is 0. The van der Waals surface area contributed by atoms with Crippen LogP contribution in [0.15, 0.2) is 0 Å². The van der Waals surface area contributed by atoms with Crippen LogP contribution >= 0.6 is 0 Å². The Morgan fingerprint density at radius 3 is 2.65 bits per heavy atom. The molecular weight excluding hydrogens is 280 g/mol. The maximum atomic E-state index is 12.0. The maximum Gasteiger partial charge on any atom is 0.133 e. The van der Waals surface area contributed by atoms with E-state index < -0.39 is 0 Å². The molecule has 0 saturated heterocycles. The molecule has 0 aliphatic heterocycles. The van der Waals surface area contributed by atoms with E-state index >= 15 is 0 Å². The van der Waals surface area contributed by atoms with Gasteiger partial charge in [0, 0.05) is 12.8 Å². The van der Waals surface area contributed by atoms with Crippen molar-refractivity contribution in [3.63, 3.8) is 0 Å². The molecule has 128 valence electrons. The minimum atomic E-state index is 0.490. The van der Waals surface area contributed by atoms with E-state index in [1.54, 1.807) is 12.8 Å². The number of hydrogen-bond acceptors (Lipinski definition) is 1. The van der Waals surface area contributed by atoms with Gasteiger partial charge in [0.1, 0.15) is 5.78 Å². The summed E-state index contributed by atoms with van der Waals surface area (Å²) >= 11 is 0. The molecule has 0 radical (unpaired) electrons. The number of fused-ring (bicyclic) bond motifs is 7. The van der Waals surface area contributed by atoms with E-state index in [4.69, 9.17) is 0 Å². The first-order valence-corrected chi connectivity index (χ1v) is 10.5. The van der Waals surface area contributed by atoms with E-state index in [-0.39, 0.29) is 0 Å². The predicted octanol–water partition coefficient (Wildman–Crippen LogP) is 5.62. The van der Waals surface area contributed by atoms with Gasteiger partial charge in [-0.2, -0.15) is 0 Å². The molecule has 5 unspecified atom stereocenters. The lowest BCUT2D eigenvalue weighted by molar-refractivity contribution is -0.142. The Hall–Kier alpha value is -0.330. The first kappa shape index (κ1) is 15.0. The van der Waals surface area contributed by atoms with Gasteiger partial charge in [0.15, 0.2) is 0 Å². The van der Waals surface area contributed by atoms with E-state index in [9.17, 15) is 4.79 Å². The van der Waals surface area contributed by atoms with Crippen molar-refractivity contribution in [1.82, 2.24) is 0 Å². The van der Waals surface area contributed by atoms with Gasteiger partial charge in [-0.05, 0) is 97.2 Å². The number of ketones is 1. The monoisotopic (exact) mass is 314 g/mol. The molecule has 0 spiro atoms.